The van der Waals surface area contributed by atoms with Crippen LogP contribution in [-0.4, -0.2) is 44.3 Å². The number of aryl methyl sites for hydroxylation is 2. The highest BCUT2D eigenvalue weighted by molar-refractivity contribution is 7.92. The molecule has 1 unspecified atom stereocenters. The van der Waals surface area contributed by atoms with Crippen molar-refractivity contribution >= 4 is 39.1 Å². The van der Waals surface area contributed by atoms with Gasteiger partial charge < -0.3 is 10.2 Å². The lowest BCUT2D eigenvalue weighted by molar-refractivity contribution is -0.140. The number of rotatable bonds is 14. The van der Waals surface area contributed by atoms with Gasteiger partial charge in [0.25, 0.3) is 10.0 Å². The number of hydrogen-bond acceptors (Lipinski definition) is 4. The highest BCUT2D eigenvalue weighted by Crippen LogP contribution is 2.29. The highest BCUT2D eigenvalue weighted by atomic mass is 35.5. The molecule has 1 N–H and O–H groups in total. The van der Waals surface area contributed by atoms with Gasteiger partial charge in [0, 0.05) is 24.5 Å². The Labute approximate surface area is 271 Å². The number of carbonyl (C=O) groups is 2. The van der Waals surface area contributed by atoms with E-state index in [1.165, 1.54) is 17.0 Å². The summed E-state index contributed by atoms with van der Waals surface area (Å²) in [7, 11) is -4.18. The predicted octanol–water partition coefficient (Wildman–Crippen LogP) is 6.71. The number of unbranched alkanes of at least 4 members (excludes halogenated alkanes) is 1. The first-order chi connectivity index (χ1) is 21.6. The maximum atomic E-state index is 14.6. The van der Waals surface area contributed by atoms with Crippen molar-refractivity contribution < 1.29 is 18.0 Å². The predicted molar refractivity (Wildman–Crippen MR) is 181 cm³/mol. The Morgan fingerprint density at radius 3 is 2.16 bits per heavy atom. The van der Waals surface area contributed by atoms with Gasteiger partial charge in [-0.3, -0.25) is 13.9 Å². The standard InChI is InChI=1S/C36H40ClN3O4S/c1-4-5-21-38-36(42)34(24-29-14-8-6-9-15-29)39(25-30-16-12-13-27(2)22-30)35(41)26-40(33-20-19-31(37)23-28(33)3)45(43,44)32-17-10-7-11-18-32/h6-20,22-23,34H,4-5,21,24-26H2,1-3H3,(H,38,42). The van der Waals surface area contributed by atoms with Crippen LogP contribution < -0.4 is 9.62 Å². The van der Waals surface area contributed by atoms with Crippen LogP contribution in [-0.2, 0) is 32.6 Å². The summed E-state index contributed by atoms with van der Waals surface area (Å²) in [5.74, 6) is -0.787. The van der Waals surface area contributed by atoms with E-state index >= 15 is 0 Å². The Morgan fingerprint density at radius 2 is 1.51 bits per heavy atom. The fraction of sp³-hybridized carbons (Fsp3) is 0.278. The molecule has 0 aliphatic rings. The Bertz CT molecular complexity index is 1700. The fourth-order valence-electron chi connectivity index (χ4n) is 5.20. The molecule has 4 aromatic carbocycles. The molecule has 0 heterocycles. The van der Waals surface area contributed by atoms with Gasteiger partial charge >= 0.3 is 0 Å². The van der Waals surface area contributed by atoms with Gasteiger partial charge in [-0.25, -0.2) is 8.42 Å². The molecular weight excluding hydrogens is 606 g/mol. The maximum Gasteiger partial charge on any atom is 0.264 e. The molecule has 0 saturated carbocycles. The number of carbonyl (C=O) groups excluding carboxylic acids is 2. The number of nitrogens with zero attached hydrogens (tertiary/aromatic N) is 2. The molecule has 7 nitrogen and oxygen atoms in total. The summed E-state index contributed by atoms with van der Waals surface area (Å²) in [6.45, 7) is 5.85. The summed E-state index contributed by atoms with van der Waals surface area (Å²) in [6, 6.07) is 29.3. The minimum atomic E-state index is -4.18. The van der Waals surface area contributed by atoms with E-state index in [2.05, 4.69) is 5.32 Å². The SMILES string of the molecule is CCCCNC(=O)C(Cc1ccccc1)N(Cc1cccc(C)c1)C(=O)CN(c1ccc(Cl)cc1C)S(=O)(=O)c1ccccc1. The average Bonchev–Trinajstić information content (AvgIpc) is 3.03. The van der Waals surface area contributed by atoms with Crippen molar-refractivity contribution in [2.24, 2.45) is 0 Å². The first-order valence-corrected chi connectivity index (χ1v) is 16.9. The Balaban J connectivity index is 1.81. The van der Waals surface area contributed by atoms with E-state index in [1.807, 2.05) is 68.4 Å². The van der Waals surface area contributed by atoms with Crippen molar-refractivity contribution in [1.82, 2.24) is 10.2 Å². The molecule has 0 fully saturated rings. The van der Waals surface area contributed by atoms with E-state index in [-0.39, 0.29) is 23.8 Å². The van der Waals surface area contributed by atoms with Crippen molar-refractivity contribution in [3.63, 3.8) is 0 Å². The summed E-state index contributed by atoms with van der Waals surface area (Å²) >= 11 is 6.23. The largest absolute Gasteiger partial charge is 0.354 e. The van der Waals surface area contributed by atoms with Crippen LogP contribution in [0.25, 0.3) is 0 Å². The van der Waals surface area contributed by atoms with Crippen molar-refractivity contribution in [3.8, 4) is 0 Å². The molecule has 0 bridgehead atoms. The molecule has 0 radical (unpaired) electrons. The monoisotopic (exact) mass is 645 g/mol. The zero-order chi connectivity index (χ0) is 32.4. The minimum absolute atomic E-state index is 0.0514. The van der Waals surface area contributed by atoms with Crippen LogP contribution in [0.5, 0.6) is 0 Å². The second kappa shape index (κ2) is 15.7. The fourth-order valence-corrected chi connectivity index (χ4v) is 6.93. The number of halogens is 1. The van der Waals surface area contributed by atoms with Crippen molar-refractivity contribution in [3.05, 3.63) is 130 Å². The highest BCUT2D eigenvalue weighted by Gasteiger charge is 2.35. The van der Waals surface area contributed by atoms with Gasteiger partial charge in [-0.15, -0.1) is 0 Å². The van der Waals surface area contributed by atoms with Gasteiger partial charge in [-0.1, -0.05) is 103 Å². The molecule has 1 atom stereocenters. The third kappa shape index (κ3) is 8.96. The van der Waals surface area contributed by atoms with E-state index in [0.29, 0.717) is 22.8 Å². The van der Waals surface area contributed by atoms with E-state index in [9.17, 15) is 18.0 Å². The van der Waals surface area contributed by atoms with E-state index in [4.69, 9.17) is 11.6 Å². The molecule has 0 aliphatic carbocycles. The van der Waals surface area contributed by atoms with Crippen molar-refractivity contribution in [1.29, 1.82) is 0 Å². The van der Waals surface area contributed by atoms with Crippen LogP contribution >= 0.6 is 11.6 Å². The summed E-state index contributed by atoms with van der Waals surface area (Å²) in [4.78, 5) is 30.0. The molecule has 0 spiro atoms. The van der Waals surface area contributed by atoms with Crippen LogP contribution in [0.2, 0.25) is 5.02 Å². The third-order valence-corrected chi connectivity index (χ3v) is 9.58. The first-order valence-electron chi connectivity index (χ1n) is 15.1. The van der Waals surface area contributed by atoms with Crippen LogP contribution in [0.4, 0.5) is 5.69 Å². The molecule has 0 saturated heterocycles. The Kier molecular flexibility index (Phi) is 11.8. The van der Waals surface area contributed by atoms with E-state index < -0.39 is 28.5 Å². The molecule has 2 amide bonds. The lowest BCUT2D eigenvalue weighted by atomic mass is 10.0. The number of amides is 2. The molecule has 4 rings (SSSR count). The molecule has 9 heteroatoms. The smallest absolute Gasteiger partial charge is 0.264 e. The maximum absolute atomic E-state index is 14.6. The number of anilines is 1. The van der Waals surface area contributed by atoms with Crippen molar-refractivity contribution in [2.75, 3.05) is 17.4 Å². The van der Waals surface area contributed by atoms with E-state index in [0.717, 1.165) is 33.8 Å². The average molecular weight is 646 g/mol. The van der Waals surface area contributed by atoms with Crippen LogP contribution in [0, 0.1) is 13.8 Å². The number of benzene rings is 4. The summed E-state index contributed by atoms with van der Waals surface area (Å²) in [5, 5.41) is 3.46. The third-order valence-electron chi connectivity index (χ3n) is 7.57. The number of sulfonamides is 1. The summed E-state index contributed by atoms with van der Waals surface area (Å²) in [6.07, 6.45) is 1.97. The second-order valence-corrected chi connectivity index (χ2v) is 13.4. The second-order valence-electron chi connectivity index (χ2n) is 11.1. The lowest BCUT2D eigenvalue weighted by Gasteiger charge is -2.34. The molecule has 0 aromatic heterocycles. The van der Waals surface area contributed by atoms with Gasteiger partial charge in [0.2, 0.25) is 11.8 Å². The van der Waals surface area contributed by atoms with Crippen molar-refractivity contribution in [2.45, 2.75) is 57.5 Å². The molecule has 0 aliphatic heterocycles. The van der Waals surface area contributed by atoms with Gasteiger partial charge in [0.1, 0.15) is 12.6 Å². The molecule has 45 heavy (non-hydrogen) atoms. The Morgan fingerprint density at radius 1 is 0.844 bits per heavy atom. The zero-order valence-corrected chi connectivity index (χ0v) is 27.5. The zero-order valence-electron chi connectivity index (χ0n) is 25.9. The summed E-state index contributed by atoms with van der Waals surface area (Å²) in [5.41, 5.74) is 3.66. The quantitative estimate of drug-likeness (QED) is 0.155. The molecular formula is C36H40ClN3O4S. The van der Waals surface area contributed by atoms with Crippen LogP contribution in [0.15, 0.2) is 108 Å². The minimum Gasteiger partial charge on any atom is -0.354 e. The molecule has 236 valence electrons. The Hall–Kier alpha value is -4.14. The van der Waals surface area contributed by atoms with E-state index in [1.54, 1.807) is 43.3 Å². The van der Waals surface area contributed by atoms with Crippen LogP contribution in [0.3, 0.4) is 0 Å². The normalized spacial score (nSPS) is 11.9. The lowest BCUT2D eigenvalue weighted by Crippen LogP contribution is -2.53. The van der Waals surface area contributed by atoms with Gasteiger partial charge in [0.15, 0.2) is 0 Å². The van der Waals surface area contributed by atoms with Gasteiger partial charge in [-0.05, 0) is 67.3 Å². The molecule has 4 aromatic rings. The van der Waals surface area contributed by atoms with Gasteiger partial charge in [-0.2, -0.15) is 0 Å². The number of nitrogens with one attached hydrogen (secondary N) is 1. The summed E-state index contributed by atoms with van der Waals surface area (Å²) < 4.78 is 29.4. The van der Waals surface area contributed by atoms with Crippen LogP contribution in [0.1, 0.15) is 42.0 Å². The number of hydrogen-bond donors (Lipinski definition) is 1. The first kappa shape index (κ1) is 33.7. The topological polar surface area (TPSA) is 86.8 Å². The van der Waals surface area contributed by atoms with Gasteiger partial charge in [0.05, 0.1) is 10.6 Å².